The molecule has 1 atom stereocenters. The second-order valence-electron chi connectivity index (χ2n) is 4.10. The number of aliphatic hydroxyl groups is 1. The summed E-state index contributed by atoms with van der Waals surface area (Å²) in [6.45, 7) is 2.73. The van der Waals surface area contributed by atoms with Crippen LogP contribution in [-0.4, -0.2) is 35.1 Å². The number of amides is 1. The molecule has 16 heavy (non-hydrogen) atoms. The molecular formula is C12H17NO3. The zero-order valence-corrected chi connectivity index (χ0v) is 9.48. The summed E-state index contributed by atoms with van der Waals surface area (Å²) in [7, 11) is 0. The van der Waals surface area contributed by atoms with E-state index in [1.54, 1.807) is 11.0 Å². The molecule has 0 aromatic carbocycles. The minimum Gasteiger partial charge on any atom is -0.456 e. The number of carbonyl (C=O) groups is 1. The monoisotopic (exact) mass is 223 g/mol. The van der Waals surface area contributed by atoms with Gasteiger partial charge in [0.05, 0.1) is 12.6 Å². The van der Waals surface area contributed by atoms with Crippen molar-refractivity contribution in [3.8, 4) is 0 Å². The predicted octanol–water partition coefficient (Wildman–Crippen LogP) is 1.44. The summed E-state index contributed by atoms with van der Waals surface area (Å²) in [4.78, 5) is 13.8. The van der Waals surface area contributed by atoms with Gasteiger partial charge in [-0.05, 0) is 25.0 Å². The third kappa shape index (κ3) is 1.97. The number of aryl methyl sites for hydroxylation is 1. The van der Waals surface area contributed by atoms with Gasteiger partial charge in [-0.2, -0.15) is 0 Å². The van der Waals surface area contributed by atoms with Gasteiger partial charge in [-0.25, -0.2) is 0 Å². The molecular weight excluding hydrogens is 206 g/mol. The Kier molecular flexibility index (Phi) is 3.29. The van der Waals surface area contributed by atoms with Crippen molar-refractivity contribution >= 4 is 5.91 Å². The molecule has 1 aromatic rings. The molecule has 0 unspecified atom stereocenters. The van der Waals surface area contributed by atoms with Crippen LogP contribution in [0.25, 0.3) is 0 Å². The van der Waals surface area contributed by atoms with E-state index in [9.17, 15) is 4.79 Å². The van der Waals surface area contributed by atoms with E-state index in [0.717, 1.165) is 25.0 Å². The number of aliphatic hydroxyl groups excluding tert-OH is 1. The Labute approximate surface area is 94.9 Å². The minimum atomic E-state index is -0.101. The lowest BCUT2D eigenvalue weighted by Crippen LogP contribution is -2.37. The summed E-state index contributed by atoms with van der Waals surface area (Å²) in [5.41, 5.74) is 0. The molecule has 0 saturated carbocycles. The average Bonchev–Trinajstić information content (AvgIpc) is 2.96. The first kappa shape index (κ1) is 11.2. The zero-order chi connectivity index (χ0) is 11.5. The van der Waals surface area contributed by atoms with Gasteiger partial charge < -0.3 is 14.4 Å². The number of nitrogens with zero attached hydrogens (tertiary/aromatic N) is 1. The number of hydrogen-bond donors (Lipinski definition) is 1. The summed E-state index contributed by atoms with van der Waals surface area (Å²) in [6.07, 6.45) is 2.62. The highest BCUT2D eigenvalue weighted by Crippen LogP contribution is 2.20. The summed E-state index contributed by atoms with van der Waals surface area (Å²) in [6, 6.07) is 3.51. The van der Waals surface area contributed by atoms with Gasteiger partial charge in [0.2, 0.25) is 0 Å². The van der Waals surface area contributed by atoms with Crippen LogP contribution in [0.3, 0.4) is 0 Å². The van der Waals surface area contributed by atoms with Gasteiger partial charge in [-0.15, -0.1) is 0 Å². The summed E-state index contributed by atoms with van der Waals surface area (Å²) in [5, 5.41) is 9.16. The Hall–Kier alpha value is -1.29. The molecule has 0 aliphatic carbocycles. The SMILES string of the molecule is CCc1ccc(C(=O)N2CCC[C@H]2CO)o1. The van der Waals surface area contributed by atoms with Crippen LogP contribution in [-0.2, 0) is 6.42 Å². The van der Waals surface area contributed by atoms with Gasteiger partial charge in [-0.3, -0.25) is 4.79 Å². The largest absolute Gasteiger partial charge is 0.456 e. The second kappa shape index (κ2) is 4.70. The van der Waals surface area contributed by atoms with Crippen molar-refractivity contribution < 1.29 is 14.3 Å². The van der Waals surface area contributed by atoms with Crippen molar-refractivity contribution in [1.82, 2.24) is 4.90 Å². The summed E-state index contributed by atoms with van der Waals surface area (Å²) >= 11 is 0. The third-order valence-electron chi connectivity index (χ3n) is 3.07. The standard InChI is InChI=1S/C12H17NO3/c1-2-10-5-6-11(16-10)12(15)13-7-3-4-9(13)8-14/h5-6,9,14H,2-4,7-8H2,1H3/t9-/m0/s1. The van der Waals surface area contributed by atoms with E-state index in [-0.39, 0.29) is 18.6 Å². The third-order valence-corrected chi connectivity index (χ3v) is 3.07. The number of carbonyl (C=O) groups excluding carboxylic acids is 1. The van der Waals surface area contributed by atoms with E-state index in [1.165, 1.54) is 0 Å². The van der Waals surface area contributed by atoms with Crippen molar-refractivity contribution in [3.05, 3.63) is 23.7 Å². The fraction of sp³-hybridized carbons (Fsp3) is 0.583. The van der Waals surface area contributed by atoms with Crippen molar-refractivity contribution in [2.24, 2.45) is 0 Å². The van der Waals surface area contributed by atoms with Crippen LogP contribution in [0.5, 0.6) is 0 Å². The molecule has 1 aromatic heterocycles. The van der Waals surface area contributed by atoms with Gasteiger partial charge in [0.25, 0.3) is 5.91 Å². The van der Waals surface area contributed by atoms with Gasteiger partial charge >= 0.3 is 0 Å². The first-order valence-corrected chi connectivity index (χ1v) is 5.76. The zero-order valence-electron chi connectivity index (χ0n) is 9.48. The van der Waals surface area contributed by atoms with Crippen LogP contribution in [0, 0.1) is 0 Å². The fourth-order valence-electron chi connectivity index (χ4n) is 2.12. The maximum atomic E-state index is 12.1. The molecule has 88 valence electrons. The predicted molar refractivity (Wildman–Crippen MR) is 59.2 cm³/mol. The molecule has 0 bridgehead atoms. The van der Waals surface area contributed by atoms with E-state index in [4.69, 9.17) is 9.52 Å². The van der Waals surface area contributed by atoms with E-state index >= 15 is 0 Å². The van der Waals surface area contributed by atoms with Crippen LogP contribution in [0.4, 0.5) is 0 Å². The van der Waals surface area contributed by atoms with Crippen LogP contribution in [0.1, 0.15) is 36.1 Å². The molecule has 4 nitrogen and oxygen atoms in total. The molecule has 1 aliphatic rings. The molecule has 0 spiro atoms. The van der Waals surface area contributed by atoms with Crippen LogP contribution in [0.2, 0.25) is 0 Å². The number of rotatable bonds is 3. The highest BCUT2D eigenvalue weighted by Gasteiger charge is 2.30. The maximum Gasteiger partial charge on any atom is 0.289 e. The van der Waals surface area contributed by atoms with Crippen molar-refractivity contribution in [3.63, 3.8) is 0 Å². The van der Waals surface area contributed by atoms with Crippen molar-refractivity contribution in [1.29, 1.82) is 0 Å². The quantitative estimate of drug-likeness (QED) is 0.843. The van der Waals surface area contributed by atoms with Crippen LogP contribution in [0.15, 0.2) is 16.5 Å². The highest BCUT2D eigenvalue weighted by molar-refractivity contribution is 5.92. The smallest absolute Gasteiger partial charge is 0.289 e. The molecule has 1 N–H and O–H groups in total. The van der Waals surface area contributed by atoms with E-state index in [0.29, 0.717) is 12.3 Å². The molecule has 2 rings (SSSR count). The van der Waals surface area contributed by atoms with E-state index in [2.05, 4.69) is 0 Å². The fourth-order valence-corrected chi connectivity index (χ4v) is 2.12. The molecule has 1 aliphatic heterocycles. The molecule has 1 saturated heterocycles. The minimum absolute atomic E-state index is 0.0348. The molecule has 0 radical (unpaired) electrons. The highest BCUT2D eigenvalue weighted by atomic mass is 16.4. The van der Waals surface area contributed by atoms with Gasteiger partial charge in [0, 0.05) is 13.0 Å². The number of furan rings is 1. The average molecular weight is 223 g/mol. The van der Waals surface area contributed by atoms with E-state index in [1.807, 2.05) is 13.0 Å². The first-order chi connectivity index (χ1) is 7.76. The topological polar surface area (TPSA) is 53.7 Å². The Bertz CT molecular complexity index is 372. The lowest BCUT2D eigenvalue weighted by Gasteiger charge is -2.21. The Morgan fingerprint density at radius 3 is 3.06 bits per heavy atom. The van der Waals surface area contributed by atoms with Gasteiger partial charge in [0.1, 0.15) is 5.76 Å². The first-order valence-electron chi connectivity index (χ1n) is 5.76. The van der Waals surface area contributed by atoms with Crippen molar-refractivity contribution in [2.75, 3.05) is 13.2 Å². The van der Waals surface area contributed by atoms with Crippen LogP contribution >= 0.6 is 0 Å². The Morgan fingerprint density at radius 2 is 2.44 bits per heavy atom. The summed E-state index contributed by atoms with van der Waals surface area (Å²) < 4.78 is 5.43. The second-order valence-corrected chi connectivity index (χ2v) is 4.10. The van der Waals surface area contributed by atoms with Crippen LogP contribution < -0.4 is 0 Å². The normalized spacial score (nSPS) is 20.4. The van der Waals surface area contributed by atoms with Crippen molar-refractivity contribution in [2.45, 2.75) is 32.2 Å². The lowest BCUT2D eigenvalue weighted by atomic mass is 10.2. The molecule has 2 heterocycles. The summed E-state index contributed by atoms with van der Waals surface area (Å²) in [5.74, 6) is 1.11. The number of hydrogen-bond acceptors (Lipinski definition) is 3. The number of likely N-dealkylation sites (tertiary alicyclic amines) is 1. The Balaban J connectivity index is 2.12. The molecule has 1 fully saturated rings. The molecule has 4 heteroatoms. The maximum absolute atomic E-state index is 12.1. The van der Waals surface area contributed by atoms with Gasteiger partial charge in [0.15, 0.2) is 5.76 Å². The molecule has 1 amide bonds. The lowest BCUT2D eigenvalue weighted by molar-refractivity contribution is 0.0644. The van der Waals surface area contributed by atoms with Gasteiger partial charge in [-0.1, -0.05) is 6.92 Å². The Morgan fingerprint density at radius 1 is 1.62 bits per heavy atom. The van der Waals surface area contributed by atoms with E-state index < -0.39 is 0 Å².